The average molecular weight is 425 g/mol. The van der Waals surface area contributed by atoms with Gasteiger partial charge in [0.05, 0.1) is 17.8 Å². The molecule has 4 rings (SSSR count). The minimum Gasteiger partial charge on any atom is -0.457 e. The third-order valence-corrected chi connectivity index (χ3v) is 4.66. The van der Waals surface area contributed by atoms with Crippen LogP contribution in [0.25, 0.3) is 5.69 Å². The maximum atomic E-state index is 12.9. The number of nitrogens with zero attached hydrogens (tertiary/aromatic N) is 3. The lowest BCUT2D eigenvalue weighted by Gasteiger charge is -2.08. The SMILES string of the molecule is Cc1nn(Cc2cccc(C(F)(F)F)c2)c(=O)n1-c1ccc(Oc2ccccc2)cc1. The predicted octanol–water partition coefficient (Wildman–Crippen LogP) is 5.20. The lowest BCUT2D eigenvalue weighted by molar-refractivity contribution is -0.137. The molecule has 0 saturated carbocycles. The van der Waals surface area contributed by atoms with Crippen LogP contribution in [-0.4, -0.2) is 14.3 Å². The Balaban J connectivity index is 1.58. The average Bonchev–Trinajstić information content (AvgIpc) is 3.02. The summed E-state index contributed by atoms with van der Waals surface area (Å²) in [6, 6.07) is 21.1. The minimum atomic E-state index is -4.44. The highest BCUT2D eigenvalue weighted by molar-refractivity contribution is 5.40. The maximum absolute atomic E-state index is 12.9. The highest BCUT2D eigenvalue weighted by atomic mass is 19.4. The summed E-state index contributed by atoms with van der Waals surface area (Å²) < 4.78 is 47.1. The summed E-state index contributed by atoms with van der Waals surface area (Å²) >= 11 is 0. The minimum absolute atomic E-state index is 0.0637. The first-order valence-corrected chi connectivity index (χ1v) is 9.47. The molecule has 31 heavy (non-hydrogen) atoms. The molecule has 158 valence electrons. The first-order chi connectivity index (χ1) is 14.8. The van der Waals surface area contributed by atoms with E-state index in [0.29, 0.717) is 28.6 Å². The summed E-state index contributed by atoms with van der Waals surface area (Å²) in [5.74, 6) is 1.73. The lowest BCUT2D eigenvalue weighted by atomic mass is 10.1. The van der Waals surface area contributed by atoms with Gasteiger partial charge in [-0.05, 0) is 61.0 Å². The molecule has 0 spiro atoms. The van der Waals surface area contributed by atoms with Crippen LogP contribution >= 0.6 is 0 Å². The van der Waals surface area contributed by atoms with E-state index in [1.165, 1.54) is 16.7 Å². The molecule has 1 aromatic heterocycles. The van der Waals surface area contributed by atoms with Crippen molar-refractivity contribution in [3.63, 3.8) is 0 Å². The van der Waals surface area contributed by atoms with Gasteiger partial charge in [0.25, 0.3) is 0 Å². The van der Waals surface area contributed by atoms with Crippen LogP contribution in [0.15, 0.2) is 83.7 Å². The van der Waals surface area contributed by atoms with E-state index in [2.05, 4.69) is 5.10 Å². The van der Waals surface area contributed by atoms with Gasteiger partial charge in [-0.3, -0.25) is 0 Å². The summed E-state index contributed by atoms with van der Waals surface area (Å²) in [6.07, 6.45) is -4.44. The van der Waals surface area contributed by atoms with Crippen molar-refractivity contribution in [1.29, 1.82) is 0 Å². The van der Waals surface area contributed by atoms with Crippen LogP contribution in [0.2, 0.25) is 0 Å². The second kappa shape index (κ2) is 8.14. The standard InChI is InChI=1S/C23H18F3N3O2/c1-16-27-28(15-17-6-5-7-18(14-17)23(24,25)26)22(30)29(16)19-10-12-21(13-11-19)31-20-8-3-2-4-9-20/h2-14H,15H2,1H3. The number of halogens is 3. The lowest BCUT2D eigenvalue weighted by Crippen LogP contribution is -2.24. The third-order valence-electron chi connectivity index (χ3n) is 4.66. The highest BCUT2D eigenvalue weighted by Gasteiger charge is 2.30. The van der Waals surface area contributed by atoms with Gasteiger partial charge in [-0.1, -0.05) is 30.3 Å². The van der Waals surface area contributed by atoms with Crippen LogP contribution in [0.4, 0.5) is 13.2 Å². The van der Waals surface area contributed by atoms with Gasteiger partial charge >= 0.3 is 11.9 Å². The van der Waals surface area contributed by atoms with E-state index in [1.54, 1.807) is 31.2 Å². The zero-order valence-corrected chi connectivity index (χ0v) is 16.5. The molecule has 0 unspecified atom stereocenters. The molecule has 0 aliphatic rings. The normalized spacial score (nSPS) is 11.5. The summed E-state index contributed by atoms with van der Waals surface area (Å²) in [5, 5.41) is 4.22. The topological polar surface area (TPSA) is 49.0 Å². The largest absolute Gasteiger partial charge is 0.457 e. The molecule has 0 aliphatic carbocycles. The molecule has 0 radical (unpaired) electrons. The van der Waals surface area contributed by atoms with Crippen molar-refractivity contribution >= 4 is 0 Å². The van der Waals surface area contributed by atoms with E-state index in [1.807, 2.05) is 30.3 Å². The molecule has 3 aromatic carbocycles. The highest BCUT2D eigenvalue weighted by Crippen LogP contribution is 2.29. The number of para-hydroxylation sites is 1. The second-order valence-corrected chi connectivity index (χ2v) is 6.93. The van der Waals surface area contributed by atoms with Gasteiger partial charge in [-0.15, -0.1) is 0 Å². The zero-order chi connectivity index (χ0) is 22.0. The van der Waals surface area contributed by atoms with Crippen molar-refractivity contribution in [3.8, 4) is 17.2 Å². The molecule has 0 amide bonds. The van der Waals surface area contributed by atoms with Gasteiger partial charge in [0, 0.05) is 0 Å². The van der Waals surface area contributed by atoms with E-state index in [4.69, 9.17) is 4.74 Å². The number of hydrogen-bond donors (Lipinski definition) is 0. The van der Waals surface area contributed by atoms with Crippen molar-refractivity contribution in [2.45, 2.75) is 19.6 Å². The van der Waals surface area contributed by atoms with Crippen LogP contribution in [0.5, 0.6) is 11.5 Å². The van der Waals surface area contributed by atoms with Gasteiger partial charge in [0.15, 0.2) is 0 Å². The number of alkyl halides is 3. The molecule has 4 aromatic rings. The molecule has 0 N–H and O–H groups in total. The third kappa shape index (κ3) is 4.53. The molecule has 5 nitrogen and oxygen atoms in total. The number of hydrogen-bond acceptors (Lipinski definition) is 3. The molecule has 0 saturated heterocycles. The Kier molecular flexibility index (Phi) is 5.37. The van der Waals surface area contributed by atoms with Gasteiger partial charge < -0.3 is 4.74 Å². The van der Waals surface area contributed by atoms with Gasteiger partial charge in [-0.25, -0.2) is 14.0 Å². The summed E-state index contributed by atoms with van der Waals surface area (Å²) in [4.78, 5) is 12.9. The van der Waals surface area contributed by atoms with Crippen LogP contribution in [0.3, 0.4) is 0 Å². The first-order valence-electron chi connectivity index (χ1n) is 9.47. The molecular formula is C23H18F3N3O2. The van der Waals surface area contributed by atoms with Gasteiger partial charge in [-0.2, -0.15) is 18.3 Å². The smallest absolute Gasteiger partial charge is 0.416 e. The molecule has 0 bridgehead atoms. The zero-order valence-electron chi connectivity index (χ0n) is 16.5. The Bertz CT molecular complexity index is 1240. The van der Waals surface area contributed by atoms with Crippen molar-refractivity contribution in [2.24, 2.45) is 0 Å². The van der Waals surface area contributed by atoms with E-state index >= 15 is 0 Å². The quantitative estimate of drug-likeness (QED) is 0.442. The van der Waals surface area contributed by atoms with Crippen LogP contribution < -0.4 is 10.4 Å². The van der Waals surface area contributed by atoms with Crippen molar-refractivity contribution in [3.05, 3.63) is 106 Å². The number of ether oxygens (including phenoxy) is 1. The van der Waals surface area contributed by atoms with Crippen LogP contribution in [-0.2, 0) is 12.7 Å². The fourth-order valence-electron chi connectivity index (χ4n) is 3.22. The molecule has 1 heterocycles. The van der Waals surface area contributed by atoms with E-state index in [-0.39, 0.29) is 6.54 Å². The van der Waals surface area contributed by atoms with E-state index in [0.717, 1.165) is 16.8 Å². The molecule has 0 atom stereocenters. The van der Waals surface area contributed by atoms with E-state index in [9.17, 15) is 18.0 Å². The molecule has 0 fully saturated rings. The molecule has 0 aliphatic heterocycles. The fraction of sp³-hybridized carbons (Fsp3) is 0.130. The molecule has 8 heteroatoms. The van der Waals surface area contributed by atoms with Crippen molar-refractivity contribution in [2.75, 3.05) is 0 Å². The van der Waals surface area contributed by atoms with Gasteiger partial charge in [0.1, 0.15) is 17.3 Å². The maximum Gasteiger partial charge on any atom is 0.416 e. The Hall–Kier alpha value is -3.81. The Labute approximate surface area is 176 Å². The number of aryl methyl sites for hydroxylation is 1. The monoisotopic (exact) mass is 425 g/mol. The Morgan fingerprint density at radius 2 is 1.58 bits per heavy atom. The predicted molar refractivity (Wildman–Crippen MR) is 110 cm³/mol. The van der Waals surface area contributed by atoms with Crippen LogP contribution in [0.1, 0.15) is 17.0 Å². The molecular weight excluding hydrogens is 407 g/mol. The summed E-state index contributed by atoms with van der Waals surface area (Å²) in [5.41, 5.74) is -0.277. The van der Waals surface area contributed by atoms with Crippen LogP contribution in [0, 0.1) is 6.92 Å². The van der Waals surface area contributed by atoms with Crippen molar-refractivity contribution < 1.29 is 17.9 Å². The number of benzene rings is 3. The van der Waals surface area contributed by atoms with E-state index < -0.39 is 17.4 Å². The fourth-order valence-corrected chi connectivity index (χ4v) is 3.22. The summed E-state index contributed by atoms with van der Waals surface area (Å²) in [7, 11) is 0. The first kappa shape index (κ1) is 20.5. The van der Waals surface area contributed by atoms with Crippen molar-refractivity contribution in [1.82, 2.24) is 14.3 Å². The number of rotatable bonds is 5. The Morgan fingerprint density at radius 3 is 2.26 bits per heavy atom. The van der Waals surface area contributed by atoms with Gasteiger partial charge in [0.2, 0.25) is 0 Å². The Morgan fingerprint density at radius 1 is 0.903 bits per heavy atom. The summed E-state index contributed by atoms with van der Waals surface area (Å²) in [6.45, 7) is 1.60. The number of aromatic nitrogens is 3. The second-order valence-electron chi connectivity index (χ2n) is 6.93.